The normalized spacial score (nSPS) is 21.7. The summed E-state index contributed by atoms with van der Waals surface area (Å²) < 4.78 is 0. The number of likely N-dealkylation sites (tertiary alicyclic amines) is 1. The zero-order chi connectivity index (χ0) is 20.4. The van der Waals surface area contributed by atoms with Crippen LogP contribution < -0.4 is 22.5 Å². The highest BCUT2D eigenvalue weighted by atomic mass is 16.4. The third kappa shape index (κ3) is 7.41. The van der Waals surface area contributed by atoms with Gasteiger partial charge in [0.1, 0.15) is 12.1 Å². The predicted octanol–water partition coefficient (Wildman–Crippen LogP) is -1.90. The summed E-state index contributed by atoms with van der Waals surface area (Å²) in [5, 5.41) is 21.7. The average Bonchev–Trinajstić information content (AvgIpc) is 3.02. The molecule has 0 spiro atoms. The van der Waals surface area contributed by atoms with E-state index in [-0.39, 0.29) is 19.4 Å². The monoisotopic (exact) mass is 387 g/mol. The van der Waals surface area contributed by atoms with Gasteiger partial charge in [-0.25, -0.2) is 4.79 Å². The lowest BCUT2D eigenvalue weighted by molar-refractivity contribution is -0.144. The first kappa shape index (κ1) is 23.3. The van der Waals surface area contributed by atoms with E-state index in [4.69, 9.17) is 17.2 Å². The first-order valence-electron chi connectivity index (χ1n) is 9.49. The second-order valence-electron chi connectivity index (χ2n) is 6.97. The molecule has 0 aromatic carbocycles. The van der Waals surface area contributed by atoms with E-state index in [0.29, 0.717) is 38.8 Å². The van der Waals surface area contributed by atoms with Crippen LogP contribution in [0.5, 0.6) is 0 Å². The number of amides is 2. The second kappa shape index (κ2) is 11.9. The molecule has 27 heavy (non-hydrogen) atoms. The largest absolute Gasteiger partial charge is 0.480 e. The molecule has 10 heteroatoms. The number of aliphatic hydroxyl groups is 1. The van der Waals surface area contributed by atoms with E-state index in [1.54, 1.807) is 0 Å². The van der Waals surface area contributed by atoms with Crippen LogP contribution in [0.2, 0.25) is 0 Å². The van der Waals surface area contributed by atoms with Gasteiger partial charge in [0.2, 0.25) is 11.8 Å². The van der Waals surface area contributed by atoms with Crippen LogP contribution in [0, 0.1) is 0 Å². The Bertz CT molecular complexity index is 504. The summed E-state index contributed by atoms with van der Waals surface area (Å²) in [6, 6.07) is -2.77. The number of rotatable bonds is 12. The van der Waals surface area contributed by atoms with E-state index >= 15 is 0 Å². The number of aliphatic hydroxyl groups excluding tert-OH is 1. The van der Waals surface area contributed by atoms with Crippen LogP contribution >= 0.6 is 0 Å². The highest BCUT2D eigenvalue weighted by Gasteiger charge is 2.41. The van der Waals surface area contributed by atoms with Crippen LogP contribution in [-0.2, 0) is 14.4 Å². The lowest BCUT2D eigenvalue weighted by atomic mass is 10.1. The van der Waals surface area contributed by atoms with Gasteiger partial charge in [-0.2, -0.15) is 0 Å². The number of β-amino-alcohol motifs (C(OH)–C–C–N with tert-alkyl or cyclic N) is 1. The topological polar surface area (TPSA) is 185 Å². The van der Waals surface area contributed by atoms with Crippen molar-refractivity contribution in [3.8, 4) is 0 Å². The number of carbonyl (C=O) groups excluding carboxylic acids is 2. The van der Waals surface area contributed by atoms with Crippen LogP contribution in [0.25, 0.3) is 0 Å². The van der Waals surface area contributed by atoms with Gasteiger partial charge in [-0.05, 0) is 45.2 Å². The zero-order valence-electron chi connectivity index (χ0n) is 15.7. The van der Waals surface area contributed by atoms with E-state index < -0.39 is 42.0 Å². The first-order valence-corrected chi connectivity index (χ1v) is 9.49. The molecule has 0 radical (unpaired) electrons. The van der Waals surface area contributed by atoms with E-state index in [9.17, 15) is 24.6 Å². The number of carbonyl (C=O) groups is 3. The van der Waals surface area contributed by atoms with Gasteiger partial charge in [-0.3, -0.25) is 9.59 Å². The average molecular weight is 387 g/mol. The van der Waals surface area contributed by atoms with Crippen LogP contribution in [0.4, 0.5) is 0 Å². The number of nitrogens with zero attached hydrogens (tertiary/aromatic N) is 1. The summed E-state index contributed by atoms with van der Waals surface area (Å²) in [4.78, 5) is 37.8. The fourth-order valence-electron chi connectivity index (χ4n) is 3.17. The van der Waals surface area contributed by atoms with Crippen molar-refractivity contribution >= 4 is 17.8 Å². The van der Waals surface area contributed by atoms with Gasteiger partial charge in [-0.1, -0.05) is 6.42 Å². The molecule has 9 N–H and O–H groups in total. The molecule has 0 saturated carbocycles. The Morgan fingerprint density at radius 1 is 1.07 bits per heavy atom. The van der Waals surface area contributed by atoms with Gasteiger partial charge < -0.3 is 37.6 Å². The number of hydrogen-bond acceptors (Lipinski definition) is 7. The SMILES string of the molecule is NCCCC[C@H](NC(=O)[C@@H]1C[C@@H](O)CN1C(=O)[C@@H](N)CCCCN)C(=O)O. The molecule has 0 aromatic rings. The van der Waals surface area contributed by atoms with Crippen molar-refractivity contribution in [1.82, 2.24) is 10.2 Å². The molecule has 2 amide bonds. The van der Waals surface area contributed by atoms with Crippen molar-refractivity contribution in [2.45, 2.75) is 69.2 Å². The third-order valence-electron chi connectivity index (χ3n) is 4.71. The zero-order valence-corrected chi connectivity index (χ0v) is 15.7. The molecular weight excluding hydrogens is 354 g/mol. The van der Waals surface area contributed by atoms with Gasteiger partial charge in [0, 0.05) is 13.0 Å². The second-order valence-corrected chi connectivity index (χ2v) is 6.97. The van der Waals surface area contributed by atoms with Gasteiger partial charge in [-0.15, -0.1) is 0 Å². The molecule has 1 rings (SSSR count). The van der Waals surface area contributed by atoms with Gasteiger partial charge in [0.05, 0.1) is 12.1 Å². The maximum Gasteiger partial charge on any atom is 0.326 e. The summed E-state index contributed by atoms with van der Waals surface area (Å²) >= 11 is 0. The molecule has 0 bridgehead atoms. The summed E-state index contributed by atoms with van der Waals surface area (Å²) in [6.45, 7) is 0.959. The van der Waals surface area contributed by atoms with Crippen molar-refractivity contribution in [3.63, 3.8) is 0 Å². The quantitative estimate of drug-likeness (QED) is 0.210. The van der Waals surface area contributed by atoms with Gasteiger partial charge in [0.25, 0.3) is 0 Å². The Balaban J connectivity index is 2.71. The summed E-state index contributed by atoms with van der Waals surface area (Å²) in [7, 11) is 0. The predicted molar refractivity (Wildman–Crippen MR) is 99.5 cm³/mol. The Morgan fingerprint density at radius 3 is 2.22 bits per heavy atom. The van der Waals surface area contributed by atoms with Crippen molar-refractivity contribution < 1.29 is 24.6 Å². The standard InChI is InChI=1S/C17H33N5O5/c18-7-3-1-5-12(20)16(25)22-10-11(23)9-14(22)15(24)21-13(17(26)27)6-2-4-8-19/h11-14,23H,1-10,18-20H2,(H,21,24)(H,26,27)/t11-,12+,13+,14+/m1/s1. The highest BCUT2D eigenvalue weighted by molar-refractivity contribution is 5.92. The molecule has 0 unspecified atom stereocenters. The summed E-state index contributed by atoms with van der Waals surface area (Å²) in [5.41, 5.74) is 16.8. The molecule has 0 aromatic heterocycles. The molecule has 1 saturated heterocycles. The highest BCUT2D eigenvalue weighted by Crippen LogP contribution is 2.20. The Kier molecular flexibility index (Phi) is 10.2. The number of carboxylic acids is 1. The minimum atomic E-state index is -1.14. The van der Waals surface area contributed by atoms with Crippen molar-refractivity contribution in [2.24, 2.45) is 17.2 Å². The molecule has 1 heterocycles. The van der Waals surface area contributed by atoms with Gasteiger partial charge in [0.15, 0.2) is 0 Å². The first-order chi connectivity index (χ1) is 12.8. The fraction of sp³-hybridized carbons (Fsp3) is 0.824. The number of hydrogen-bond donors (Lipinski definition) is 6. The number of nitrogens with one attached hydrogen (secondary N) is 1. The van der Waals surface area contributed by atoms with E-state index in [2.05, 4.69) is 5.32 Å². The van der Waals surface area contributed by atoms with Crippen LogP contribution in [-0.4, -0.2) is 76.8 Å². The van der Waals surface area contributed by atoms with Gasteiger partial charge >= 0.3 is 5.97 Å². The van der Waals surface area contributed by atoms with Crippen molar-refractivity contribution in [2.75, 3.05) is 19.6 Å². The van der Waals surface area contributed by atoms with Crippen LogP contribution in [0.1, 0.15) is 44.9 Å². The summed E-state index contributed by atoms with van der Waals surface area (Å²) in [6.07, 6.45) is 2.56. The minimum absolute atomic E-state index is 0.00637. The minimum Gasteiger partial charge on any atom is -0.480 e. The smallest absolute Gasteiger partial charge is 0.326 e. The lowest BCUT2D eigenvalue weighted by Gasteiger charge is -2.27. The van der Waals surface area contributed by atoms with Crippen molar-refractivity contribution in [3.05, 3.63) is 0 Å². The number of carboxylic acid groups (broad SMARTS) is 1. The maximum absolute atomic E-state index is 12.6. The van der Waals surface area contributed by atoms with E-state index in [0.717, 1.165) is 6.42 Å². The third-order valence-corrected chi connectivity index (χ3v) is 4.71. The molecule has 156 valence electrons. The summed E-state index contributed by atoms with van der Waals surface area (Å²) in [5.74, 6) is -2.15. The number of unbranched alkanes of at least 4 members (excludes halogenated alkanes) is 2. The van der Waals surface area contributed by atoms with E-state index in [1.165, 1.54) is 4.90 Å². The molecule has 1 aliphatic heterocycles. The molecule has 1 aliphatic rings. The Morgan fingerprint density at radius 2 is 1.67 bits per heavy atom. The molecule has 10 nitrogen and oxygen atoms in total. The molecule has 0 aliphatic carbocycles. The Labute approximate surface area is 159 Å². The molecule has 1 fully saturated rings. The number of aliphatic carboxylic acids is 1. The molecular formula is C17H33N5O5. The van der Waals surface area contributed by atoms with Crippen LogP contribution in [0.15, 0.2) is 0 Å². The molecule has 4 atom stereocenters. The maximum atomic E-state index is 12.6. The Hall–Kier alpha value is -1.75. The van der Waals surface area contributed by atoms with Crippen LogP contribution in [0.3, 0.4) is 0 Å². The fourth-order valence-corrected chi connectivity index (χ4v) is 3.17. The van der Waals surface area contributed by atoms with Crippen molar-refractivity contribution in [1.29, 1.82) is 0 Å². The van der Waals surface area contributed by atoms with E-state index in [1.807, 2.05) is 0 Å². The lowest BCUT2D eigenvalue weighted by Crippen LogP contribution is -2.53. The number of nitrogens with two attached hydrogens (primary N) is 3.